The van der Waals surface area contributed by atoms with E-state index in [0.717, 1.165) is 11.8 Å². The molecule has 0 radical (unpaired) electrons. The summed E-state index contributed by atoms with van der Waals surface area (Å²) in [5.41, 5.74) is 1.21. The minimum Gasteiger partial charge on any atom is -0.492 e. The summed E-state index contributed by atoms with van der Waals surface area (Å²) in [4.78, 5) is 26.4. The van der Waals surface area contributed by atoms with Crippen LogP contribution in [0.2, 0.25) is 0 Å². The molecule has 3 rings (SSSR count). The SMILES string of the molecule is CCOc1ccccc1NC(=O)C[C@H]1SC(=N)N(c2ccccc2)C1=O. The molecule has 1 aliphatic rings. The van der Waals surface area contributed by atoms with Gasteiger partial charge in [0.2, 0.25) is 11.8 Å². The van der Waals surface area contributed by atoms with E-state index in [1.807, 2.05) is 31.2 Å². The minimum absolute atomic E-state index is 0.00429. The van der Waals surface area contributed by atoms with Crippen LogP contribution in [-0.2, 0) is 9.59 Å². The topological polar surface area (TPSA) is 82.5 Å². The molecule has 0 aromatic heterocycles. The highest BCUT2D eigenvalue weighted by Crippen LogP contribution is 2.33. The monoisotopic (exact) mass is 369 g/mol. The van der Waals surface area contributed by atoms with Gasteiger partial charge in [0.15, 0.2) is 5.17 Å². The second-order valence-corrected chi connectivity index (χ2v) is 6.79. The molecule has 1 saturated heterocycles. The van der Waals surface area contributed by atoms with Crippen molar-refractivity contribution in [2.45, 2.75) is 18.6 Å². The van der Waals surface area contributed by atoms with E-state index < -0.39 is 5.25 Å². The Morgan fingerprint density at radius 1 is 1.19 bits per heavy atom. The van der Waals surface area contributed by atoms with E-state index in [2.05, 4.69) is 5.32 Å². The highest BCUT2D eigenvalue weighted by Gasteiger charge is 2.39. The van der Waals surface area contributed by atoms with E-state index in [1.54, 1.807) is 30.3 Å². The van der Waals surface area contributed by atoms with E-state index in [9.17, 15) is 9.59 Å². The number of amidine groups is 1. The van der Waals surface area contributed by atoms with Crippen molar-refractivity contribution >= 4 is 40.1 Å². The third-order valence-corrected chi connectivity index (χ3v) is 4.86. The Kier molecular flexibility index (Phi) is 5.58. The van der Waals surface area contributed by atoms with Crippen LogP contribution in [0.3, 0.4) is 0 Å². The molecule has 0 unspecified atom stereocenters. The zero-order chi connectivity index (χ0) is 18.5. The minimum atomic E-state index is -0.609. The van der Waals surface area contributed by atoms with Gasteiger partial charge < -0.3 is 10.1 Å². The third kappa shape index (κ3) is 3.88. The number of thioether (sulfide) groups is 1. The number of carbonyl (C=O) groups is 2. The lowest BCUT2D eigenvalue weighted by Gasteiger charge is -2.15. The molecule has 0 spiro atoms. The summed E-state index contributed by atoms with van der Waals surface area (Å²) in [6, 6.07) is 16.2. The molecule has 2 aromatic carbocycles. The van der Waals surface area contributed by atoms with Crippen molar-refractivity contribution in [3.63, 3.8) is 0 Å². The summed E-state index contributed by atoms with van der Waals surface area (Å²) in [7, 11) is 0. The third-order valence-electron chi connectivity index (χ3n) is 3.80. The zero-order valence-corrected chi connectivity index (χ0v) is 15.1. The molecular weight excluding hydrogens is 350 g/mol. The van der Waals surface area contributed by atoms with Crippen LogP contribution < -0.4 is 15.0 Å². The quantitative estimate of drug-likeness (QED) is 0.816. The van der Waals surface area contributed by atoms with Gasteiger partial charge in [-0.3, -0.25) is 19.9 Å². The van der Waals surface area contributed by atoms with Crippen LogP contribution in [0.15, 0.2) is 54.6 Å². The van der Waals surface area contributed by atoms with Crippen molar-refractivity contribution in [1.82, 2.24) is 0 Å². The average Bonchev–Trinajstić information content (AvgIpc) is 2.91. The van der Waals surface area contributed by atoms with Crippen LogP contribution >= 0.6 is 11.8 Å². The maximum Gasteiger partial charge on any atom is 0.247 e. The van der Waals surface area contributed by atoms with Crippen molar-refractivity contribution in [3.05, 3.63) is 54.6 Å². The molecule has 1 aliphatic heterocycles. The first-order valence-corrected chi connectivity index (χ1v) is 9.14. The predicted molar refractivity (Wildman–Crippen MR) is 104 cm³/mol. The van der Waals surface area contributed by atoms with Crippen LogP contribution in [0.4, 0.5) is 11.4 Å². The molecule has 26 heavy (non-hydrogen) atoms. The van der Waals surface area contributed by atoms with E-state index in [1.165, 1.54) is 4.90 Å². The van der Waals surface area contributed by atoms with Crippen molar-refractivity contribution in [2.24, 2.45) is 0 Å². The Hall–Kier alpha value is -2.80. The first-order chi connectivity index (χ1) is 12.6. The number of anilines is 2. The molecule has 0 saturated carbocycles. The van der Waals surface area contributed by atoms with Gasteiger partial charge in [0.1, 0.15) is 11.0 Å². The van der Waals surface area contributed by atoms with Crippen LogP contribution in [-0.4, -0.2) is 28.8 Å². The highest BCUT2D eigenvalue weighted by atomic mass is 32.2. The molecule has 6 nitrogen and oxygen atoms in total. The zero-order valence-electron chi connectivity index (χ0n) is 14.3. The van der Waals surface area contributed by atoms with Gasteiger partial charge >= 0.3 is 0 Å². The fraction of sp³-hybridized carbons (Fsp3) is 0.211. The molecule has 2 aromatic rings. The lowest BCUT2D eigenvalue weighted by Crippen LogP contribution is -2.33. The van der Waals surface area contributed by atoms with Crippen LogP contribution in [0.5, 0.6) is 5.75 Å². The average molecular weight is 369 g/mol. The van der Waals surface area contributed by atoms with Gasteiger partial charge in [-0.2, -0.15) is 0 Å². The number of hydrogen-bond donors (Lipinski definition) is 2. The van der Waals surface area contributed by atoms with Gasteiger partial charge in [-0.15, -0.1) is 0 Å². The molecule has 2 N–H and O–H groups in total. The first-order valence-electron chi connectivity index (χ1n) is 8.26. The lowest BCUT2D eigenvalue weighted by molar-refractivity contribution is -0.121. The Balaban J connectivity index is 1.67. The highest BCUT2D eigenvalue weighted by molar-refractivity contribution is 8.16. The van der Waals surface area contributed by atoms with Gasteiger partial charge in [-0.1, -0.05) is 42.1 Å². The number of amides is 2. The normalized spacial score (nSPS) is 16.7. The molecule has 1 atom stereocenters. The molecule has 0 bridgehead atoms. The molecule has 1 heterocycles. The van der Waals surface area contributed by atoms with Crippen molar-refractivity contribution < 1.29 is 14.3 Å². The molecular formula is C19H19N3O3S. The smallest absolute Gasteiger partial charge is 0.247 e. The number of ether oxygens (including phenoxy) is 1. The maximum absolute atomic E-state index is 12.6. The molecule has 134 valence electrons. The van der Waals surface area contributed by atoms with Crippen molar-refractivity contribution in [3.8, 4) is 5.75 Å². The number of para-hydroxylation sites is 3. The standard InChI is InChI=1S/C19H19N3O3S/c1-2-25-15-11-7-6-10-14(15)21-17(23)12-16-18(24)22(19(20)26-16)13-8-4-3-5-9-13/h3-11,16,20H,2,12H2,1H3,(H,21,23)/t16-/m1/s1. The summed E-state index contributed by atoms with van der Waals surface area (Å²) in [6.07, 6.45) is -0.00429. The number of benzene rings is 2. The van der Waals surface area contributed by atoms with Gasteiger partial charge in [-0.05, 0) is 31.2 Å². The molecule has 7 heteroatoms. The van der Waals surface area contributed by atoms with Gasteiger partial charge in [0, 0.05) is 6.42 Å². The summed E-state index contributed by atoms with van der Waals surface area (Å²) in [5, 5.41) is 10.4. The fourth-order valence-corrected chi connectivity index (χ4v) is 3.66. The fourth-order valence-electron chi connectivity index (χ4n) is 2.65. The van der Waals surface area contributed by atoms with Crippen LogP contribution in [0, 0.1) is 5.41 Å². The molecule has 2 amide bonds. The Bertz CT molecular complexity index is 826. The van der Waals surface area contributed by atoms with Gasteiger partial charge in [0.25, 0.3) is 0 Å². The number of rotatable bonds is 6. The Morgan fingerprint density at radius 2 is 1.88 bits per heavy atom. The first kappa shape index (κ1) is 18.0. The van der Waals surface area contributed by atoms with E-state index in [0.29, 0.717) is 23.7 Å². The molecule has 0 aliphatic carbocycles. The van der Waals surface area contributed by atoms with E-state index in [4.69, 9.17) is 10.1 Å². The number of nitrogens with zero attached hydrogens (tertiary/aromatic N) is 1. The summed E-state index contributed by atoms with van der Waals surface area (Å²) in [5.74, 6) is 0.0533. The number of carbonyl (C=O) groups excluding carboxylic acids is 2. The number of hydrogen-bond acceptors (Lipinski definition) is 5. The van der Waals surface area contributed by atoms with Crippen molar-refractivity contribution in [1.29, 1.82) is 5.41 Å². The summed E-state index contributed by atoms with van der Waals surface area (Å²) < 4.78 is 5.49. The van der Waals surface area contributed by atoms with Crippen molar-refractivity contribution in [2.75, 3.05) is 16.8 Å². The lowest BCUT2D eigenvalue weighted by atomic mass is 10.2. The van der Waals surface area contributed by atoms with Gasteiger partial charge in [0.05, 0.1) is 18.0 Å². The second kappa shape index (κ2) is 8.05. The summed E-state index contributed by atoms with van der Waals surface area (Å²) >= 11 is 1.10. The molecule has 1 fully saturated rings. The second-order valence-electron chi connectivity index (χ2n) is 5.60. The van der Waals surface area contributed by atoms with E-state index in [-0.39, 0.29) is 23.4 Å². The van der Waals surface area contributed by atoms with Crippen LogP contribution in [0.25, 0.3) is 0 Å². The predicted octanol–water partition coefficient (Wildman–Crippen LogP) is 3.50. The van der Waals surface area contributed by atoms with Crippen LogP contribution in [0.1, 0.15) is 13.3 Å². The van der Waals surface area contributed by atoms with E-state index >= 15 is 0 Å². The van der Waals surface area contributed by atoms with Gasteiger partial charge in [-0.25, -0.2) is 0 Å². The largest absolute Gasteiger partial charge is 0.492 e. The summed E-state index contributed by atoms with van der Waals surface area (Å²) in [6.45, 7) is 2.36. The Morgan fingerprint density at radius 3 is 2.62 bits per heavy atom. The maximum atomic E-state index is 12.6. The number of nitrogens with one attached hydrogen (secondary N) is 2. The Labute approximate surface area is 156 Å².